The van der Waals surface area contributed by atoms with Crippen LogP contribution in [-0.2, 0) is 0 Å². The molecule has 13 heavy (non-hydrogen) atoms. The number of hydrogen-bond donors (Lipinski definition) is 0. The van der Waals surface area contributed by atoms with Gasteiger partial charge in [-0.15, -0.1) is 0 Å². The molecule has 0 unspecified atom stereocenters. The highest BCUT2D eigenvalue weighted by atomic mass is 19.1. The van der Waals surface area contributed by atoms with Gasteiger partial charge in [-0.1, -0.05) is 13.8 Å². The summed E-state index contributed by atoms with van der Waals surface area (Å²) < 4.78 is 24.3. The summed E-state index contributed by atoms with van der Waals surface area (Å²) in [6, 6.07) is 1.44. The zero-order valence-corrected chi connectivity index (χ0v) is 7.12. The Balaban J connectivity index is 0.000000671. The molecule has 0 spiro atoms. The highest BCUT2D eigenvalue weighted by Gasteiger charge is 2.14. The number of pyridine rings is 1. The average molecular weight is 190 g/mol. The van der Waals surface area contributed by atoms with E-state index in [1.54, 1.807) is 0 Å². The van der Waals surface area contributed by atoms with Gasteiger partial charge in [-0.05, 0) is 0 Å². The molecule has 1 heterocycles. The maximum absolute atomic E-state index is 12.3. The van der Waals surface area contributed by atoms with Gasteiger partial charge < -0.3 is 0 Å². The minimum atomic E-state index is -1.41. The molecule has 1 aromatic heterocycles. The third-order valence-electron chi connectivity index (χ3n) is 0.992. The topological polar surface area (TPSA) is 56.0 Å². The summed E-state index contributed by atoms with van der Waals surface area (Å²) in [7, 11) is 0. The van der Waals surface area contributed by atoms with E-state index in [1.165, 1.54) is 0 Å². The molecule has 4 nitrogen and oxygen atoms in total. The number of halogens is 2. The molecule has 0 saturated heterocycles. The molecular formula is C7H8F2N2O2. The van der Waals surface area contributed by atoms with Gasteiger partial charge in [0.15, 0.2) is 0 Å². The fourth-order valence-electron chi connectivity index (χ4n) is 0.541. The maximum atomic E-state index is 12.3. The Bertz CT molecular complexity index is 305. The standard InChI is InChI=1S/C5H2F2N2O2.C2H6/c6-4-2-1-3(9(10)11)5(7)8-4;1-2/h1-2H;1-2H3. The lowest BCUT2D eigenvalue weighted by Gasteiger charge is -1.90. The van der Waals surface area contributed by atoms with Crippen LogP contribution in [0.2, 0.25) is 0 Å². The summed E-state index contributed by atoms with van der Waals surface area (Å²) in [5.74, 6) is -2.48. The van der Waals surface area contributed by atoms with Gasteiger partial charge in [0.1, 0.15) is 0 Å². The molecule has 72 valence electrons. The van der Waals surface area contributed by atoms with Crippen molar-refractivity contribution >= 4 is 5.69 Å². The van der Waals surface area contributed by atoms with Crippen LogP contribution in [0.15, 0.2) is 12.1 Å². The fourth-order valence-corrected chi connectivity index (χ4v) is 0.541. The van der Waals surface area contributed by atoms with Crippen LogP contribution in [0.5, 0.6) is 0 Å². The highest BCUT2D eigenvalue weighted by molar-refractivity contribution is 5.26. The zero-order valence-electron chi connectivity index (χ0n) is 7.12. The van der Waals surface area contributed by atoms with E-state index in [1.807, 2.05) is 13.8 Å². The average Bonchev–Trinajstić information content (AvgIpc) is 2.07. The van der Waals surface area contributed by atoms with E-state index >= 15 is 0 Å². The van der Waals surface area contributed by atoms with Gasteiger partial charge in [0.2, 0.25) is 5.95 Å². The second-order valence-electron chi connectivity index (χ2n) is 1.70. The lowest BCUT2D eigenvalue weighted by molar-refractivity contribution is -0.388. The Morgan fingerprint density at radius 1 is 1.38 bits per heavy atom. The zero-order chi connectivity index (χ0) is 10.4. The monoisotopic (exact) mass is 190 g/mol. The van der Waals surface area contributed by atoms with Gasteiger partial charge in [-0.2, -0.15) is 13.8 Å². The van der Waals surface area contributed by atoms with E-state index in [0.29, 0.717) is 0 Å². The van der Waals surface area contributed by atoms with E-state index in [4.69, 9.17) is 0 Å². The maximum Gasteiger partial charge on any atom is 0.324 e. The number of aromatic nitrogens is 1. The molecule has 6 heteroatoms. The van der Waals surface area contributed by atoms with Crippen LogP contribution in [0.25, 0.3) is 0 Å². The van der Waals surface area contributed by atoms with Crippen LogP contribution in [-0.4, -0.2) is 9.91 Å². The Morgan fingerprint density at radius 2 is 1.92 bits per heavy atom. The van der Waals surface area contributed by atoms with Crippen LogP contribution in [0.3, 0.4) is 0 Å². The van der Waals surface area contributed by atoms with Crippen LogP contribution in [0.1, 0.15) is 13.8 Å². The van der Waals surface area contributed by atoms with Crippen molar-refractivity contribution in [1.82, 2.24) is 4.98 Å². The van der Waals surface area contributed by atoms with Crippen molar-refractivity contribution in [2.45, 2.75) is 13.8 Å². The molecule has 0 aromatic carbocycles. The summed E-state index contributed by atoms with van der Waals surface area (Å²) in [5.41, 5.74) is -0.827. The molecule has 0 N–H and O–H groups in total. The van der Waals surface area contributed by atoms with Gasteiger partial charge in [0.05, 0.1) is 4.92 Å². The molecule has 1 aromatic rings. The third-order valence-corrected chi connectivity index (χ3v) is 0.992. The molecule has 0 aliphatic heterocycles. The van der Waals surface area contributed by atoms with Crippen molar-refractivity contribution in [3.05, 3.63) is 34.1 Å². The first-order valence-corrected chi connectivity index (χ1v) is 3.57. The number of hydrogen-bond acceptors (Lipinski definition) is 3. The van der Waals surface area contributed by atoms with Crippen molar-refractivity contribution in [2.75, 3.05) is 0 Å². The van der Waals surface area contributed by atoms with Gasteiger partial charge in [0, 0.05) is 12.1 Å². The van der Waals surface area contributed by atoms with Crippen LogP contribution in [0.4, 0.5) is 14.5 Å². The Labute approximate surface area is 73.4 Å². The van der Waals surface area contributed by atoms with Crippen molar-refractivity contribution in [2.24, 2.45) is 0 Å². The second-order valence-corrected chi connectivity index (χ2v) is 1.70. The third kappa shape index (κ3) is 3.10. The van der Waals surface area contributed by atoms with E-state index in [9.17, 15) is 18.9 Å². The molecule has 0 bridgehead atoms. The van der Waals surface area contributed by atoms with Gasteiger partial charge in [-0.25, -0.2) is 0 Å². The van der Waals surface area contributed by atoms with E-state index in [-0.39, 0.29) is 0 Å². The summed E-state index contributed by atoms with van der Waals surface area (Å²) >= 11 is 0. The first-order chi connectivity index (χ1) is 6.11. The summed E-state index contributed by atoms with van der Waals surface area (Å²) in [4.78, 5) is 11.6. The quantitative estimate of drug-likeness (QED) is 0.388. The predicted octanol–water partition coefficient (Wildman–Crippen LogP) is 2.29. The van der Waals surface area contributed by atoms with Crippen LogP contribution in [0, 0.1) is 22.0 Å². The minimum Gasteiger partial charge on any atom is -0.258 e. The van der Waals surface area contributed by atoms with E-state index in [2.05, 4.69) is 4.98 Å². The predicted molar refractivity (Wildman–Crippen MR) is 42.2 cm³/mol. The molecular weight excluding hydrogens is 182 g/mol. The Hall–Kier alpha value is -1.59. The largest absolute Gasteiger partial charge is 0.324 e. The summed E-state index contributed by atoms with van der Waals surface area (Å²) in [6.07, 6.45) is 0. The van der Waals surface area contributed by atoms with Crippen molar-refractivity contribution in [3.63, 3.8) is 0 Å². The normalized spacial score (nSPS) is 8.62. The molecule has 0 aliphatic rings. The number of rotatable bonds is 1. The number of nitro groups is 1. The summed E-state index contributed by atoms with van der Waals surface area (Å²) in [5, 5.41) is 9.94. The molecule has 0 amide bonds. The lowest BCUT2D eigenvalue weighted by atomic mass is 10.4. The molecule has 0 atom stereocenters. The van der Waals surface area contributed by atoms with Crippen molar-refractivity contribution in [3.8, 4) is 0 Å². The first-order valence-electron chi connectivity index (χ1n) is 3.57. The molecule has 0 saturated carbocycles. The summed E-state index contributed by atoms with van der Waals surface area (Å²) in [6.45, 7) is 4.00. The fraction of sp³-hybridized carbons (Fsp3) is 0.286. The van der Waals surface area contributed by atoms with Gasteiger partial charge >= 0.3 is 5.69 Å². The Kier molecular flexibility index (Phi) is 4.50. The van der Waals surface area contributed by atoms with Gasteiger partial charge in [0.25, 0.3) is 5.95 Å². The highest BCUT2D eigenvalue weighted by Crippen LogP contribution is 2.13. The molecule has 0 radical (unpaired) electrons. The molecule has 0 fully saturated rings. The lowest BCUT2D eigenvalue weighted by Crippen LogP contribution is -1.96. The minimum absolute atomic E-state index is 0.720. The Morgan fingerprint density at radius 3 is 2.31 bits per heavy atom. The van der Waals surface area contributed by atoms with Crippen LogP contribution < -0.4 is 0 Å². The SMILES string of the molecule is CC.O=[N+]([O-])c1ccc(F)nc1F. The molecule has 0 aliphatic carbocycles. The van der Waals surface area contributed by atoms with Crippen molar-refractivity contribution < 1.29 is 13.7 Å². The first kappa shape index (κ1) is 11.4. The smallest absolute Gasteiger partial charge is 0.258 e. The van der Waals surface area contributed by atoms with Crippen molar-refractivity contribution in [1.29, 1.82) is 0 Å². The van der Waals surface area contributed by atoms with Crippen LogP contribution >= 0.6 is 0 Å². The van der Waals surface area contributed by atoms with E-state index < -0.39 is 22.5 Å². The van der Waals surface area contributed by atoms with Gasteiger partial charge in [-0.3, -0.25) is 10.1 Å². The molecule has 1 rings (SSSR count). The number of nitrogens with zero attached hydrogens (tertiary/aromatic N) is 2. The second kappa shape index (κ2) is 5.13. The van der Waals surface area contributed by atoms with E-state index in [0.717, 1.165) is 12.1 Å².